The molecule has 0 unspecified atom stereocenters. The van der Waals surface area contributed by atoms with Crippen molar-refractivity contribution in [2.45, 2.75) is 13.5 Å². The van der Waals surface area contributed by atoms with Gasteiger partial charge >= 0.3 is 0 Å². The molecular weight excluding hydrogens is 278 g/mol. The molecule has 6 heteroatoms. The van der Waals surface area contributed by atoms with Crippen LogP contribution >= 0.6 is 0 Å². The Hall–Kier alpha value is -2.63. The summed E-state index contributed by atoms with van der Waals surface area (Å²) in [6, 6.07) is 7.83. The summed E-state index contributed by atoms with van der Waals surface area (Å²) in [4.78, 5) is 27.2. The maximum atomic E-state index is 13.1. The van der Waals surface area contributed by atoms with Crippen LogP contribution in [0.3, 0.4) is 0 Å². The first-order valence-corrected chi connectivity index (χ1v) is 6.17. The number of nitrogens with zero attached hydrogens (tertiary/aromatic N) is 1. The van der Waals surface area contributed by atoms with Gasteiger partial charge in [-0.15, -0.1) is 0 Å². The van der Waals surface area contributed by atoms with E-state index in [1.807, 2.05) is 0 Å². The number of carbonyl (C=O) groups is 2. The predicted molar refractivity (Wildman–Crippen MR) is 71.5 cm³/mol. The summed E-state index contributed by atoms with van der Waals surface area (Å²) in [5.41, 5.74) is 0.672. The van der Waals surface area contributed by atoms with Crippen molar-refractivity contribution >= 4 is 11.7 Å². The molecule has 1 N–H and O–H groups in total. The van der Waals surface area contributed by atoms with Gasteiger partial charge in [0.15, 0.2) is 0 Å². The summed E-state index contributed by atoms with van der Waals surface area (Å²) in [6.07, 6.45) is 0. The van der Waals surface area contributed by atoms with Gasteiger partial charge in [0.05, 0.1) is 12.2 Å². The highest BCUT2D eigenvalue weighted by molar-refractivity contribution is 6.42. The Morgan fingerprint density at radius 2 is 1.95 bits per heavy atom. The topological polar surface area (TPSA) is 59.1 Å². The molecule has 2 aromatic rings. The molecule has 2 rings (SSSR count). The fourth-order valence-corrected chi connectivity index (χ4v) is 1.72. The fourth-order valence-electron chi connectivity index (χ4n) is 1.72. The molecule has 0 saturated heterocycles. The van der Waals surface area contributed by atoms with Crippen LogP contribution in [0.25, 0.3) is 0 Å². The SMILES string of the molecule is Cc1cc(C(=O)C(=O)NCc2cccc(F)n2)ccc1F. The average molecular weight is 290 g/mol. The van der Waals surface area contributed by atoms with Gasteiger partial charge in [-0.25, -0.2) is 9.37 Å². The molecule has 0 aliphatic rings. The number of amides is 1. The lowest BCUT2D eigenvalue weighted by Gasteiger charge is -2.05. The van der Waals surface area contributed by atoms with Crippen LogP contribution in [-0.4, -0.2) is 16.7 Å². The summed E-state index contributed by atoms with van der Waals surface area (Å²) in [6.45, 7) is 1.43. The number of rotatable bonds is 4. The molecule has 1 aromatic heterocycles. The Labute approximate surface area is 119 Å². The van der Waals surface area contributed by atoms with E-state index in [0.717, 1.165) is 6.07 Å². The molecule has 0 atom stereocenters. The van der Waals surface area contributed by atoms with E-state index in [4.69, 9.17) is 0 Å². The van der Waals surface area contributed by atoms with Gasteiger partial charge < -0.3 is 5.32 Å². The Kier molecular flexibility index (Phi) is 4.37. The van der Waals surface area contributed by atoms with Gasteiger partial charge in [0.2, 0.25) is 11.7 Å². The van der Waals surface area contributed by atoms with Crippen LogP contribution in [0.1, 0.15) is 21.6 Å². The van der Waals surface area contributed by atoms with Gasteiger partial charge in [-0.2, -0.15) is 4.39 Å². The monoisotopic (exact) mass is 290 g/mol. The second-order valence-electron chi connectivity index (χ2n) is 4.43. The average Bonchev–Trinajstić information content (AvgIpc) is 2.47. The molecule has 0 aliphatic carbocycles. The minimum absolute atomic E-state index is 0.0670. The smallest absolute Gasteiger partial charge is 0.292 e. The molecule has 1 aromatic carbocycles. The minimum atomic E-state index is -0.855. The number of hydrogen-bond donors (Lipinski definition) is 1. The van der Waals surface area contributed by atoms with E-state index in [0.29, 0.717) is 5.69 Å². The molecule has 0 saturated carbocycles. The van der Waals surface area contributed by atoms with Crippen molar-refractivity contribution in [2.75, 3.05) is 0 Å². The molecule has 0 bridgehead atoms. The highest BCUT2D eigenvalue weighted by atomic mass is 19.1. The van der Waals surface area contributed by atoms with Crippen LogP contribution in [-0.2, 0) is 11.3 Å². The van der Waals surface area contributed by atoms with Gasteiger partial charge in [0, 0.05) is 5.56 Å². The fraction of sp³-hybridized carbons (Fsp3) is 0.133. The number of Topliss-reactive ketones (excluding diaryl/α,β-unsaturated/α-hetero) is 1. The van der Waals surface area contributed by atoms with Crippen molar-refractivity contribution < 1.29 is 18.4 Å². The third kappa shape index (κ3) is 3.68. The zero-order valence-corrected chi connectivity index (χ0v) is 11.2. The largest absolute Gasteiger partial charge is 0.344 e. The normalized spacial score (nSPS) is 10.2. The number of pyridine rings is 1. The molecule has 1 heterocycles. The number of aryl methyl sites for hydroxylation is 1. The summed E-state index contributed by atoms with van der Waals surface area (Å²) < 4.78 is 26.0. The zero-order chi connectivity index (χ0) is 15.4. The van der Waals surface area contributed by atoms with Gasteiger partial charge in [0.25, 0.3) is 5.91 Å². The number of halogens is 2. The molecule has 0 radical (unpaired) electrons. The van der Waals surface area contributed by atoms with Gasteiger partial charge in [-0.3, -0.25) is 9.59 Å². The number of hydrogen-bond acceptors (Lipinski definition) is 3. The molecule has 0 fully saturated rings. The van der Waals surface area contributed by atoms with E-state index in [1.165, 1.54) is 37.3 Å². The van der Waals surface area contributed by atoms with Crippen molar-refractivity contribution in [1.29, 1.82) is 0 Å². The zero-order valence-electron chi connectivity index (χ0n) is 11.2. The van der Waals surface area contributed by atoms with E-state index in [1.54, 1.807) is 0 Å². The summed E-state index contributed by atoms with van der Waals surface area (Å²) in [5.74, 6) is -2.75. The van der Waals surface area contributed by atoms with Crippen molar-refractivity contribution in [3.05, 3.63) is 65.0 Å². The van der Waals surface area contributed by atoms with Gasteiger partial charge in [-0.1, -0.05) is 6.07 Å². The lowest BCUT2D eigenvalue weighted by molar-refractivity contribution is -0.117. The van der Waals surface area contributed by atoms with Gasteiger partial charge in [0.1, 0.15) is 5.82 Å². The van der Waals surface area contributed by atoms with E-state index in [9.17, 15) is 18.4 Å². The van der Waals surface area contributed by atoms with Crippen LogP contribution < -0.4 is 5.32 Å². The maximum absolute atomic E-state index is 13.1. The molecule has 0 spiro atoms. The number of ketones is 1. The Morgan fingerprint density at radius 1 is 1.19 bits per heavy atom. The van der Waals surface area contributed by atoms with Crippen molar-refractivity contribution in [2.24, 2.45) is 0 Å². The van der Waals surface area contributed by atoms with Crippen LogP contribution in [0.2, 0.25) is 0 Å². The van der Waals surface area contributed by atoms with E-state index in [2.05, 4.69) is 10.3 Å². The Morgan fingerprint density at radius 3 is 2.62 bits per heavy atom. The number of nitrogens with one attached hydrogen (secondary N) is 1. The minimum Gasteiger partial charge on any atom is -0.344 e. The molecule has 1 amide bonds. The van der Waals surface area contributed by atoms with Crippen molar-refractivity contribution in [3.63, 3.8) is 0 Å². The first-order chi connectivity index (χ1) is 9.97. The van der Waals surface area contributed by atoms with E-state index in [-0.39, 0.29) is 17.7 Å². The maximum Gasteiger partial charge on any atom is 0.292 e. The highest BCUT2D eigenvalue weighted by Crippen LogP contribution is 2.10. The first kappa shape index (κ1) is 14.8. The molecule has 21 heavy (non-hydrogen) atoms. The molecule has 0 aliphatic heterocycles. The summed E-state index contributed by atoms with van der Waals surface area (Å²) >= 11 is 0. The second-order valence-corrected chi connectivity index (χ2v) is 4.43. The van der Waals surface area contributed by atoms with Crippen molar-refractivity contribution in [3.8, 4) is 0 Å². The van der Waals surface area contributed by atoms with Crippen LogP contribution in [0.15, 0.2) is 36.4 Å². The molecule has 4 nitrogen and oxygen atoms in total. The van der Waals surface area contributed by atoms with Crippen LogP contribution in [0.4, 0.5) is 8.78 Å². The number of benzene rings is 1. The number of carbonyl (C=O) groups excluding carboxylic acids is 2. The quantitative estimate of drug-likeness (QED) is 0.533. The highest BCUT2D eigenvalue weighted by Gasteiger charge is 2.16. The molecular formula is C15H12F2N2O2. The van der Waals surface area contributed by atoms with Crippen molar-refractivity contribution in [1.82, 2.24) is 10.3 Å². The van der Waals surface area contributed by atoms with Crippen LogP contribution in [0, 0.1) is 18.7 Å². The van der Waals surface area contributed by atoms with E-state index >= 15 is 0 Å². The Balaban J connectivity index is 2.02. The van der Waals surface area contributed by atoms with Crippen LogP contribution in [0.5, 0.6) is 0 Å². The third-order valence-electron chi connectivity index (χ3n) is 2.83. The van der Waals surface area contributed by atoms with E-state index < -0.39 is 23.5 Å². The lowest BCUT2D eigenvalue weighted by Crippen LogP contribution is -2.31. The lowest BCUT2D eigenvalue weighted by atomic mass is 10.1. The number of aromatic nitrogens is 1. The summed E-state index contributed by atoms with van der Waals surface area (Å²) in [5, 5.41) is 2.35. The Bertz CT molecular complexity index is 702. The second kappa shape index (κ2) is 6.21. The predicted octanol–water partition coefficient (Wildman–Crippen LogP) is 2.17. The first-order valence-electron chi connectivity index (χ1n) is 6.17. The molecule has 108 valence electrons. The van der Waals surface area contributed by atoms with Gasteiger partial charge in [-0.05, 0) is 42.8 Å². The summed E-state index contributed by atoms with van der Waals surface area (Å²) in [7, 11) is 0. The third-order valence-corrected chi connectivity index (χ3v) is 2.83. The standard InChI is InChI=1S/C15H12F2N2O2/c1-9-7-10(5-6-12(9)16)14(20)15(21)18-8-11-3-2-4-13(17)19-11/h2-7H,8H2,1H3,(H,18,21).